The van der Waals surface area contributed by atoms with Crippen molar-refractivity contribution < 1.29 is 13.2 Å². The van der Waals surface area contributed by atoms with Gasteiger partial charge < -0.3 is 10.5 Å². The van der Waals surface area contributed by atoms with Crippen molar-refractivity contribution in [2.75, 3.05) is 43.6 Å². The van der Waals surface area contributed by atoms with Gasteiger partial charge in [-0.3, -0.25) is 4.90 Å². The van der Waals surface area contributed by atoms with E-state index in [-0.39, 0.29) is 11.3 Å². The number of nitrogens with two attached hydrogens (primary N) is 1. The Kier molecular flexibility index (Phi) is 4.59. The van der Waals surface area contributed by atoms with Crippen LogP contribution in [0, 0.1) is 0 Å². The molecule has 0 aliphatic carbocycles. The smallest absolute Gasteiger partial charge is 0.166 e. The molecule has 2 rings (SSSR count). The minimum absolute atomic E-state index is 0.191. The average Bonchev–Trinajstić information content (AvgIpc) is 2.89. The van der Waals surface area contributed by atoms with Crippen molar-refractivity contribution in [3.63, 3.8) is 0 Å². The summed E-state index contributed by atoms with van der Waals surface area (Å²) in [5.74, 6) is 1.81. The second-order valence-corrected chi connectivity index (χ2v) is 8.50. The predicted octanol–water partition coefficient (Wildman–Crippen LogP) is -0.0862. The van der Waals surface area contributed by atoms with Gasteiger partial charge in [-0.1, -0.05) is 6.92 Å². The van der Waals surface area contributed by atoms with E-state index in [1.54, 1.807) is 18.7 Å². The van der Waals surface area contributed by atoms with Crippen molar-refractivity contribution in [3.05, 3.63) is 0 Å². The predicted molar refractivity (Wildman–Crippen MR) is 74.5 cm³/mol. The van der Waals surface area contributed by atoms with Crippen molar-refractivity contribution in [2.45, 2.75) is 24.3 Å². The molecule has 18 heavy (non-hydrogen) atoms. The van der Waals surface area contributed by atoms with E-state index in [4.69, 9.17) is 10.5 Å². The number of ether oxygens (including phenoxy) is 1. The lowest BCUT2D eigenvalue weighted by Gasteiger charge is -2.46. The SMILES string of the molecule is CCS(=O)(=O)C1CSCCN1C1(CN)CCOC1. The van der Waals surface area contributed by atoms with Crippen LogP contribution in [0.3, 0.4) is 0 Å². The fourth-order valence-corrected chi connectivity index (χ4v) is 5.81. The third-order valence-electron chi connectivity index (χ3n) is 3.97. The van der Waals surface area contributed by atoms with Crippen LogP contribution in [0.2, 0.25) is 0 Å². The van der Waals surface area contributed by atoms with Crippen LogP contribution < -0.4 is 5.73 Å². The van der Waals surface area contributed by atoms with E-state index in [0.29, 0.717) is 25.5 Å². The van der Waals surface area contributed by atoms with Gasteiger partial charge in [0.15, 0.2) is 9.84 Å². The quantitative estimate of drug-likeness (QED) is 0.781. The molecule has 2 aliphatic heterocycles. The lowest BCUT2D eigenvalue weighted by atomic mass is 9.96. The molecule has 0 bridgehead atoms. The Labute approximate surface area is 113 Å². The van der Waals surface area contributed by atoms with Crippen molar-refractivity contribution >= 4 is 21.6 Å². The summed E-state index contributed by atoms with van der Waals surface area (Å²) in [4.78, 5) is 2.11. The molecule has 0 saturated carbocycles. The van der Waals surface area contributed by atoms with Crippen molar-refractivity contribution in [1.82, 2.24) is 4.90 Å². The van der Waals surface area contributed by atoms with E-state index < -0.39 is 15.2 Å². The summed E-state index contributed by atoms with van der Waals surface area (Å²) >= 11 is 1.71. The summed E-state index contributed by atoms with van der Waals surface area (Å²) in [6.45, 7) is 4.21. The standard InChI is InChI=1S/C11H22N2O3S2/c1-2-18(14,15)10-7-17-6-4-13(10)11(8-12)3-5-16-9-11/h10H,2-9,12H2,1H3. The molecule has 2 fully saturated rings. The zero-order chi connectivity index (χ0) is 13.2. The highest BCUT2D eigenvalue weighted by atomic mass is 32.2. The normalized spacial score (nSPS) is 34.9. The Bertz CT molecular complexity index is 380. The topological polar surface area (TPSA) is 72.6 Å². The Morgan fingerprint density at radius 2 is 2.33 bits per heavy atom. The number of hydrogen-bond donors (Lipinski definition) is 1. The van der Waals surface area contributed by atoms with E-state index in [2.05, 4.69) is 4.90 Å². The van der Waals surface area contributed by atoms with Crippen molar-refractivity contribution in [1.29, 1.82) is 0 Å². The van der Waals surface area contributed by atoms with Gasteiger partial charge >= 0.3 is 0 Å². The lowest BCUT2D eigenvalue weighted by molar-refractivity contribution is 0.0684. The zero-order valence-corrected chi connectivity index (χ0v) is 12.4. The molecule has 0 aromatic heterocycles. The third kappa shape index (κ3) is 2.56. The fraction of sp³-hybridized carbons (Fsp3) is 1.00. The molecule has 106 valence electrons. The maximum Gasteiger partial charge on any atom is 0.166 e. The van der Waals surface area contributed by atoms with E-state index in [1.807, 2.05) is 0 Å². The molecule has 5 nitrogen and oxygen atoms in total. The maximum absolute atomic E-state index is 12.2. The molecule has 0 aromatic rings. The molecule has 2 aliphatic rings. The highest BCUT2D eigenvalue weighted by molar-refractivity contribution is 8.01. The molecule has 2 saturated heterocycles. The van der Waals surface area contributed by atoms with Crippen LogP contribution in [0.25, 0.3) is 0 Å². The molecule has 2 unspecified atom stereocenters. The first-order chi connectivity index (χ1) is 8.56. The van der Waals surface area contributed by atoms with Gasteiger partial charge in [-0.05, 0) is 6.42 Å². The summed E-state index contributed by atoms with van der Waals surface area (Å²) in [6.07, 6.45) is 0.837. The molecule has 7 heteroatoms. The first-order valence-electron chi connectivity index (χ1n) is 6.39. The number of sulfone groups is 1. The van der Waals surface area contributed by atoms with E-state index in [9.17, 15) is 8.42 Å². The maximum atomic E-state index is 12.2. The van der Waals surface area contributed by atoms with Crippen LogP contribution >= 0.6 is 11.8 Å². The van der Waals surface area contributed by atoms with Crippen molar-refractivity contribution in [2.24, 2.45) is 5.73 Å². The van der Waals surface area contributed by atoms with Crippen LogP contribution in [-0.2, 0) is 14.6 Å². The highest BCUT2D eigenvalue weighted by Gasteiger charge is 2.47. The van der Waals surface area contributed by atoms with Gasteiger partial charge in [0.2, 0.25) is 0 Å². The molecule has 2 N–H and O–H groups in total. The molecule has 0 spiro atoms. The van der Waals surface area contributed by atoms with E-state index in [1.165, 1.54) is 0 Å². The second kappa shape index (κ2) is 5.66. The van der Waals surface area contributed by atoms with Gasteiger partial charge in [0, 0.05) is 37.0 Å². The molecule has 2 atom stereocenters. The Morgan fingerprint density at radius 3 is 2.89 bits per heavy atom. The summed E-state index contributed by atoms with van der Waals surface area (Å²) in [7, 11) is -3.06. The molecular formula is C11H22N2O3S2. The van der Waals surface area contributed by atoms with Crippen LogP contribution in [0.1, 0.15) is 13.3 Å². The van der Waals surface area contributed by atoms with Crippen LogP contribution in [0.15, 0.2) is 0 Å². The van der Waals surface area contributed by atoms with Crippen LogP contribution in [0.5, 0.6) is 0 Å². The number of thioether (sulfide) groups is 1. The zero-order valence-electron chi connectivity index (χ0n) is 10.8. The van der Waals surface area contributed by atoms with Crippen LogP contribution in [-0.4, -0.2) is 67.8 Å². The molecule has 0 amide bonds. The largest absolute Gasteiger partial charge is 0.379 e. The molecule has 0 aromatic carbocycles. The summed E-state index contributed by atoms with van der Waals surface area (Å²) < 4.78 is 30.0. The molecular weight excluding hydrogens is 272 g/mol. The molecule has 2 heterocycles. The third-order valence-corrected chi connectivity index (χ3v) is 7.26. The van der Waals surface area contributed by atoms with Gasteiger partial charge in [0.05, 0.1) is 12.1 Å². The minimum Gasteiger partial charge on any atom is -0.379 e. The Balaban J connectivity index is 2.27. The van der Waals surface area contributed by atoms with Crippen molar-refractivity contribution in [3.8, 4) is 0 Å². The monoisotopic (exact) mass is 294 g/mol. The van der Waals surface area contributed by atoms with E-state index >= 15 is 0 Å². The first kappa shape index (κ1) is 14.6. The van der Waals surface area contributed by atoms with Gasteiger partial charge in [-0.15, -0.1) is 0 Å². The average molecular weight is 294 g/mol. The minimum atomic E-state index is -3.06. The summed E-state index contributed by atoms with van der Waals surface area (Å²) in [6, 6.07) is 0. The number of nitrogens with zero attached hydrogens (tertiary/aromatic N) is 1. The van der Waals surface area contributed by atoms with Gasteiger partial charge in [-0.25, -0.2) is 8.42 Å². The first-order valence-corrected chi connectivity index (χ1v) is 9.26. The Hall–Kier alpha value is 0.180. The summed E-state index contributed by atoms with van der Waals surface area (Å²) in [5.41, 5.74) is 5.65. The number of hydrogen-bond acceptors (Lipinski definition) is 6. The fourth-order valence-electron chi connectivity index (χ4n) is 2.71. The Morgan fingerprint density at radius 1 is 1.56 bits per heavy atom. The van der Waals surface area contributed by atoms with Gasteiger partial charge in [-0.2, -0.15) is 11.8 Å². The lowest BCUT2D eigenvalue weighted by Crippen LogP contribution is -2.63. The molecule has 0 radical (unpaired) electrons. The van der Waals surface area contributed by atoms with Gasteiger partial charge in [0.1, 0.15) is 5.37 Å². The second-order valence-electron chi connectivity index (χ2n) is 4.91. The van der Waals surface area contributed by atoms with Gasteiger partial charge in [0.25, 0.3) is 0 Å². The van der Waals surface area contributed by atoms with E-state index in [0.717, 1.165) is 18.7 Å². The number of rotatable bonds is 4. The highest BCUT2D eigenvalue weighted by Crippen LogP contribution is 2.33. The summed E-state index contributed by atoms with van der Waals surface area (Å²) in [5, 5.41) is -0.397. The van der Waals surface area contributed by atoms with Crippen LogP contribution in [0.4, 0.5) is 0 Å².